The molecule has 0 saturated heterocycles. The minimum Gasteiger partial charge on any atom is -0.396 e. The Morgan fingerprint density at radius 3 is 2.72 bits per heavy atom. The molecule has 18 heavy (non-hydrogen) atoms. The monoisotopic (exact) mass is 269 g/mol. The molecule has 1 aliphatic rings. The second-order valence-electron chi connectivity index (χ2n) is 5.01. The Balaban J connectivity index is 2.17. The first-order chi connectivity index (χ1) is 8.61. The van der Waals surface area contributed by atoms with Crippen LogP contribution in [0.5, 0.6) is 0 Å². The van der Waals surface area contributed by atoms with Crippen LogP contribution < -0.4 is 5.32 Å². The minimum atomic E-state index is 0.231. The second-order valence-corrected chi connectivity index (χ2v) is 5.37. The van der Waals surface area contributed by atoms with Crippen molar-refractivity contribution in [3.8, 4) is 0 Å². The molecule has 0 amide bonds. The quantitative estimate of drug-likeness (QED) is 0.829. The SMILES string of the molecule is Cc1nc(Cl)c(C)c(NC2CCCCC2CO)n1. The molecule has 0 spiro atoms. The van der Waals surface area contributed by atoms with Gasteiger partial charge in [-0.25, -0.2) is 9.97 Å². The van der Waals surface area contributed by atoms with Gasteiger partial charge in [0.15, 0.2) is 0 Å². The first-order valence-electron chi connectivity index (χ1n) is 6.50. The molecule has 100 valence electrons. The van der Waals surface area contributed by atoms with E-state index in [0.717, 1.165) is 24.2 Å². The van der Waals surface area contributed by atoms with Crippen LogP contribution in [-0.2, 0) is 0 Å². The van der Waals surface area contributed by atoms with E-state index in [2.05, 4.69) is 15.3 Å². The summed E-state index contributed by atoms with van der Waals surface area (Å²) >= 11 is 6.07. The van der Waals surface area contributed by atoms with Gasteiger partial charge in [-0.1, -0.05) is 24.4 Å². The summed E-state index contributed by atoms with van der Waals surface area (Å²) in [4.78, 5) is 8.54. The number of aliphatic hydroxyl groups is 1. The molecule has 2 atom stereocenters. The molecule has 1 heterocycles. The van der Waals surface area contributed by atoms with Crippen molar-refractivity contribution in [3.63, 3.8) is 0 Å². The fourth-order valence-corrected chi connectivity index (χ4v) is 2.74. The number of aromatic nitrogens is 2. The predicted molar refractivity (Wildman–Crippen MR) is 73.0 cm³/mol. The average molecular weight is 270 g/mol. The molecule has 2 rings (SSSR count). The summed E-state index contributed by atoms with van der Waals surface area (Å²) in [6, 6.07) is 0.285. The summed E-state index contributed by atoms with van der Waals surface area (Å²) in [6.45, 7) is 3.98. The van der Waals surface area contributed by atoms with Crippen LogP contribution in [0.4, 0.5) is 5.82 Å². The van der Waals surface area contributed by atoms with E-state index in [4.69, 9.17) is 11.6 Å². The molecule has 1 fully saturated rings. The Morgan fingerprint density at radius 1 is 1.28 bits per heavy atom. The molecule has 0 bridgehead atoms. The van der Waals surface area contributed by atoms with Gasteiger partial charge in [0.2, 0.25) is 0 Å². The number of halogens is 1. The molecular formula is C13H20ClN3O. The lowest BCUT2D eigenvalue weighted by atomic mass is 9.85. The molecule has 2 unspecified atom stereocenters. The van der Waals surface area contributed by atoms with E-state index in [1.165, 1.54) is 12.8 Å². The van der Waals surface area contributed by atoms with Crippen molar-refractivity contribution in [3.05, 3.63) is 16.5 Å². The molecule has 0 aliphatic heterocycles. The highest BCUT2D eigenvalue weighted by molar-refractivity contribution is 6.30. The number of aliphatic hydroxyl groups excluding tert-OH is 1. The summed E-state index contributed by atoms with van der Waals surface area (Å²) < 4.78 is 0. The maximum absolute atomic E-state index is 9.42. The van der Waals surface area contributed by atoms with Gasteiger partial charge in [0.25, 0.3) is 0 Å². The summed E-state index contributed by atoms with van der Waals surface area (Å²) in [5, 5.41) is 13.4. The second kappa shape index (κ2) is 5.85. The number of nitrogens with one attached hydrogen (secondary N) is 1. The van der Waals surface area contributed by atoms with Gasteiger partial charge in [0, 0.05) is 24.1 Å². The largest absolute Gasteiger partial charge is 0.396 e. The van der Waals surface area contributed by atoms with Crippen LogP contribution in [-0.4, -0.2) is 27.7 Å². The molecule has 2 N–H and O–H groups in total. The summed E-state index contributed by atoms with van der Waals surface area (Å²) in [7, 11) is 0. The molecule has 4 nitrogen and oxygen atoms in total. The zero-order valence-electron chi connectivity index (χ0n) is 10.9. The van der Waals surface area contributed by atoms with Gasteiger partial charge >= 0.3 is 0 Å². The van der Waals surface area contributed by atoms with Crippen molar-refractivity contribution < 1.29 is 5.11 Å². The number of hydrogen-bond donors (Lipinski definition) is 2. The van der Waals surface area contributed by atoms with Crippen LogP contribution in [0.2, 0.25) is 5.15 Å². The third-order valence-electron chi connectivity index (χ3n) is 3.66. The van der Waals surface area contributed by atoms with E-state index in [9.17, 15) is 5.11 Å². The third-order valence-corrected chi connectivity index (χ3v) is 4.03. The number of hydrogen-bond acceptors (Lipinski definition) is 4. The van der Waals surface area contributed by atoms with Gasteiger partial charge < -0.3 is 10.4 Å². The van der Waals surface area contributed by atoms with Crippen LogP contribution in [0.3, 0.4) is 0 Å². The average Bonchev–Trinajstić information content (AvgIpc) is 2.36. The summed E-state index contributed by atoms with van der Waals surface area (Å²) in [6.07, 6.45) is 4.55. The highest BCUT2D eigenvalue weighted by atomic mass is 35.5. The maximum atomic E-state index is 9.42. The normalized spacial score (nSPS) is 24.0. The highest BCUT2D eigenvalue weighted by Crippen LogP contribution is 2.28. The smallest absolute Gasteiger partial charge is 0.137 e. The Hall–Kier alpha value is -0.870. The number of aryl methyl sites for hydroxylation is 1. The molecule has 1 aliphatic carbocycles. The molecule has 0 radical (unpaired) electrons. The summed E-state index contributed by atoms with van der Waals surface area (Å²) in [5.41, 5.74) is 0.879. The number of nitrogens with zero attached hydrogens (tertiary/aromatic N) is 2. The van der Waals surface area contributed by atoms with Gasteiger partial charge in [-0.05, 0) is 26.7 Å². The Kier molecular flexibility index (Phi) is 4.40. The zero-order valence-corrected chi connectivity index (χ0v) is 11.7. The topological polar surface area (TPSA) is 58.0 Å². The van der Waals surface area contributed by atoms with Gasteiger partial charge in [-0.15, -0.1) is 0 Å². The zero-order chi connectivity index (χ0) is 13.1. The van der Waals surface area contributed by atoms with Gasteiger partial charge in [-0.2, -0.15) is 0 Å². The van der Waals surface area contributed by atoms with Gasteiger partial charge in [-0.3, -0.25) is 0 Å². The van der Waals surface area contributed by atoms with E-state index in [-0.39, 0.29) is 12.6 Å². The Labute approximate surface area is 113 Å². The standard InChI is InChI=1S/C13H20ClN3O/c1-8-12(14)15-9(2)16-13(8)17-11-6-4-3-5-10(11)7-18/h10-11,18H,3-7H2,1-2H3,(H,15,16,17). The molecule has 0 aromatic carbocycles. The van der Waals surface area contributed by atoms with Crippen LogP contribution >= 0.6 is 11.6 Å². The van der Waals surface area contributed by atoms with Crippen molar-refractivity contribution in [2.24, 2.45) is 5.92 Å². The van der Waals surface area contributed by atoms with Crippen LogP contribution in [0.25, 0.3) is 0 Å². The van der Waals surface area contributed by atoms with Crippen molar-refractivity contribution in [1.29, 1.82) is 0 Å². The Morgan fingerprint density at radius 2 is 2.00 bits per heavy atom. The molecule has 5 heteroatoms. The van der Waals surface area contributed by atoms with Crippen molar-refractivity contribution >= 4 is 17.4 Å². The van der Waals surface area contributed by atoms with Gasteiger partial charge in [0.05, 0.1) is 0 Å². The number of rotatable bonds is 3. The van der Waals surface area contributed by atoms with Crippen molar-refractivity contribution in [2.75, 3.05) is 11.9 Å². The minimum absolute atomic E-state index is 0.231. The lowest BCUT2D eigenvalue weighted by Crippen LogP contribution is -2.35. The predicted octanol–water partition coefficient (Wildman–Crippen LogP) is 2.71. The fourth-order valence-electron chi connectivity index (χ4n) is 2.53. The van der Waals surface area contributed by atoms with E-state index in [1.807, 2.05) is 13.8 Å². The molecule has 1 aromatic heterocycles. The van der Waals surface area contributed by atoms with E-state index in [0.29, 0.717) is 16.9 Å². The van der Waals surface area contributed by atoms with Crippen LogP contribution in [0, 0.1) is 19.8 Å². The van der Waals surface area contributed by atoms with E-state index in [1.54, 1.807) is 0 Å². The lowest BCUT2D eigenvalue weighted by molar-refractivity contribution is 0.178. The van der Waals surface area contributed by atoms with Gasteiger partial charge in [0.1, 0.15) is 16.8 Å². The van der Waals surface area contributed by atoms with Crippen LogP contribution in [0.15, 0.2) is 0 Å². The third kappa shape index (κ3) is 2.93. The summed E-state index contributed by atoms with van der Waals surface area (Å²) in [5.74, 6) is 1.79. The first-order valence-corrected chi connectivity index (χ1v) is 6.87. The molecular weight excluding hydrogens is 250 g/mol. The molecule has 1 aromatic rings. The maximum Gasteiger partial charge on any atom is 0.137 e. The van der Waals surface area contributed by atoms with Crippen LogP contribution in [0.1, 0.15) is 37.1 Å². The highest BCUT2D eigenvalue weighted by Gasteiger charge is 2.25. The number of anilines is 1. The molecule has 1 saturated carbocycles. The Bertz CT molecular complexity index is 425. The first kappa shape index (κ1) is 13.6. The lowest BCUT2D eigenvalue weighted by Gasteiger charge is -2.31. The van der Waals surface area contributed by atoms with E-state index >= 15 is 0 Å². The fraction of sp³-hybridized carbons (Fsp3) is 0.692. The van der Waals surface area contributed by atoms with Crippen molar-refractivity contribution in [1.82, 2.24) is 9.97 Å². The van der Waals surface area contributed by atoms with Crippen molar-refractivity contribution in [2.45, 2.75) is 45.6 Å². The van der Waals surface area contributed by atoms with E-state index < -0.39 is 0 Å².